The van der Waals surface area contributed by atoms with Gasteiger partial charge in [0.1, 0.15) is 0 Å². The van der Waals surface area contributed by atoms with Gasteiger partial charge in [0, 0.05) is 13.1 Å². The minimum Gasteiger partial charge on any atom is -0.361 e. The van der Waals surface area contributed by atoms with Crippen molar-refractivity contribution in [1.29, 1.82) is 5.41 Å². The number of amidine groups is 1. The summed E-state index contributed by atoms with van der Waals surface area (Å²) < 4.78 is 0. The van der Waals surface area contributed by atoms with Crippen LogP contribution in [-0.2, 0) is 0 Å². The highest BCUT2D eigenvalue weighted by Gasteiger charge is 2.17. The van der Waals surface area contributed by atoms with Gasteiger partial charge in [-0.05, 0) is 19.8 Å². The summed E-state index contributed by atoms with van der Waals surface area (Å²) in [6.07, 6.45) is 6.66. The van der Waals surface area contributed by atoms with Crippen LogP contribution in [0.25, 0.3) is 0 Å². The van der Waals surface area contributed by atoms with Gasteiger partial charge in [0.05, 0.1) is 5.84 Å². The summed E-state index contributed by atoms with van der Waals surface area (Å²) in [7, 11) is 2.04. The first-order valence-electron chi connectivity index (χ1n) is 4.50. The van der Waals surface area contributed by atoms with E-state index in [2.05, 4.69) is 4.90 Å². The average molecular weight is 154 g/mol. The van der Waals surface area contributed by atoms with E-state index in [0.717, 1.165) is 0 Å². The van der Waals surface area contributed by atoms with Gasteiger partial charge in [-0.1, -0.05) is 19.3 Å². The lowest BCUT2D eigenvalue weighted by Gasteiger charge is -2.31. The molecule has 1 N–H and O–H groups in total. The van der Waals surface area contributed by atoms with Crippen molar-refractivity contribution >= 4 is 5.84 Å². The smallest absolute Gasteiger partial charge is 0.0925 e. The Kier molecular flexibility index (Phi) is 2.92. The molecule has 1 fully saturated rings. The molecule has 0 aromatic heterocycles. The van der Waals surface area contributed by atoms with E-state index in [1.54, 1.807) is 0 Å². The molecule has 0 spiro atoms. The number of nitrogens with zero attached hydrogens (tertiary/aromatic N) is 1. The second kappa shape index (κ2) is 3.74. The van der Waals surface area contributed by atoms with Crippen LogP contribution in [0.15, 0.2) is 0 Å². The molecule has 2 heteroatoms. The van der Waals surface area contributed by atoms with Crippen molar-refractivity contribution in [3.05, 3.63) is 0 Å². The van der Waals surface area contributed by atoms with Crippen molar-refractivity contribution in [1.82, 2.24) is 4.90 Å². The van der Waals surface area contributed by atoms with Gasteiger partial charge in [0.2, 0.25) is 0 Å². The fourth-order valence-corrected chi connectivity index (χ4v) is 1.74. The molecule has 1 aliphatic rings. The molecule has 11 heavy (non-hydrogen) atoms. The lowest BCUT2D eigenvalue weighted by Crippen LogP contribution is -2.36. The Labute approximate surface area is 69.1 Å². The van der Waals surface area contributed by atoms with Gasteiger partial charge in [-0.3, -0.25) is 5.41 Å². The molecule has 0 aromatic carbocycles. The van der Waals surface area contributed by atoms with Crippen molar-refractivity contribution in [3.63, 3.8) is 0 Å². The third-order valence-electron chi connectivity index (χ3n) is 2.65. The number of hydrogen-bond acceptors (Lipinski definition) is 1. The molecule has 0 aliphatic heterocycles. The molecule has 0 amide bonds. The van der Waals surface area contributed by atoms with E-state index in [1.807, 2.05) is 14.0 Å². The van der Waals surface area contributed by atoms with Crippen LogP contribution in [0.1, 0.15) is 39.0 Å². The first-order chi connectivity index (χ1) is 5.22. The molecular formula is C9H18N2. The fraction of sp³-hybridized carbons (Fsp3) is 0.889. The lowest BCUT2D eigenvalue weighted by molar-refractivity contribution is 0.276. The molecule has 0 unspecified atom stereocenters. The van der Waals surface area contributed by atoms with Crippen molar-refractivity contribution in [3.8, 4) is 0 Å². The van der Waals surface area contributed by atoms with Gasteiger partial charge in [-0.15, -0.1) is 0 Å². The molecule has 0 bridgehead atoms. The maximum absolute atomic E-state index is 7.46. The van der Waals surface area contributed by atoms with Gasteiger partial charge in [0.25, 0.3) is 0 Å². The molecule has 64 valence electrons. The zero-order chi connectivity index (χ0) is 8.27. The highest BCUT2D eigenvalue weighted by atomic mass is 15.2. The summed E-state index contributed by atoms with van der Waals surface area (Å²) >= 11 is 0. The molecule has 1 saturated carbocycles. The SMILES string of the molecule is CC(=N)N(C)C1CCCCC1. The van der Waals surface area contributed by atoms with E-state index < -0.39 is 0 Å². The monoisotopic (exact) mass is 154 g/mol. The largest absolute Gasteiger partial charge is 0.361 e. The second-order valence-corrected chi connectivity index (χ2v) is 3.49. The third kappa shape index (κ3) is 2.21. The first-order valence-corrected chi connectivity index (χ1v) is 4.50. The van der Waals surface area contributed by atoms with E-state index in [0.29, 0.717) is 11.9 Å². The van der Waals surface area contributed by atoms with Crippen molar-refractivity contribution < 1.29 is 0 Å². The van der Waals surface area contributed by atoms with E-state index in [-0.39, 0.29) is 0 Å². The molecular weight excluding hydrogens is 136 g/mol. The topological polar surface area (TPSA) is 27.1 Å². The van der Waals surface area contributed by atoms with E-state index in [4.69, 9.17) is 5.41 Å². The first kappa shape index (κ1) is 8.57. The Morgan fingerprint density at radius 3 is 2.27 bits per heavy atom. The minimum atomic E-state index is 0.654. The maximum atomic E-state index is 7.46. The summed E-state index contributed by atoms with van der Waals surface area (Å²) in [4.78, 5) is 2.11. The van der Waals surface area contributed by atoms with Crippen LogP contribution in [0.3, 0.4) is 0 Å². The molecule has 0 saturated heterocycles. The summed E-state index contributed by atoms with van der Waals surface area (Å²) in [5.74, 6) is 0.705. The molecule has 0 aromatic rings. The van der Waals surface area contributed by atoms with Crippen LogP contribution in [0.4, 0.5) is 0 Å². The number of rotatable bonds is 1. The summed E-state index contributed by atoms with van der Waals surface area (Å²) in [5, 5.41) is 7.46. The summed E-state index contributed by atoms with van der Waals surface area (Å²) in [5.41, 5.74) is 0. The van der Waals surface area contributed by atoms with Crippen molar-refractivity contribution in [2.75, 3.05) is 7.05 Å². The van der Waals surface area contributed by atoms with Crippen LogP contribution >= 0.6 is 0 Å². The molecule has 0 atom stereocenters. The molecule has 0 radical (unpaired) electrons. The third-order valence-corrected chi connectivity index (χ3v) is 2.65. The molecule has 1 rings (SSSR count). The van der Waals surface area contributed by atoms with Crippen LogP contribution in [0.5, 0.6) is 0 Å². The fourth-order valence-electron chi connectivity index (χ4n) is 1.74. The van der Waals surface area contributed by atoms with Gasteiger partial charge in [-0.25, -0.2) is 0 Å². The van der Waals surface area contributed by atoms with Crippen LogP contribution in [-0.4, -0.2) is 23.8 Å². The van der Waals surface area contributed by atoms with Crippen LogP contribution < -0.4 is 0 Å². The Morgan fingerprint density at radius 1 is 1.27 bits per heavy atom. The zero-order valence-corrected chi connectivity index (χ0v) is 7.56. The number of hydrogen-bond donors (Lipinski definition) is 1. The Balaban J connectivity index is 2.38. The Morgan fingerprint density at radius 2 is 1.82 bits per heavy atom. The number of nitrogens with one attached hydrogen (secondary N) is 1. The second-order valence-electron chi connectivity index (χ2n) is 3.49. The summed E-state index contributed by atoms with van der Waals surface area (Å²) in [6, 6.07) is 0.654. The van der Waals surface area contributed by atoms with Crippen molar-refractivity contribution in [2.45, 2.75) is 45.1 Å². The van der Waals surface area contributed by atoms with Crippen LogP contribution in [0.2, 0.25) is 0 Å². The molecule has 2 nitrogen and oxygen atoms in total. The predicted octanol–water partition coefficient (Wildman–Crippen LogP) is 2.25. The lowest BCUT2D eigenvalue weighted by atomic mass is 9.94. The van der Waals surface area contributed by atoms with Gasteiger partial charge in [0.15, 0.2) is 0 Å². The maximum Gasteiger partial charge on any atom is 0.0925 e. The average Bonchev–Trinajstić information content (AvgIpc) is 2.05. The highest BCUT2D eigenvalue weighted by molar-refractivity contribution is 5.76. The quantitative estimate of drug-likeness (QED) is 0.455. The van der Waals surface area contributed by atoms with Crippen molar-refractivity contribution in [2.24, 2.45) is 0 Å². The van der Waals surface area contributed by atoms with E-state index in [1.165, 1.54) is 32.1 Å². The minimum absolute atomic E-state index is 0.654. The standard InChI is InChI=1S/C9H18N2/c1-8(10)11(2)9-6-4-3-5-7-9/h9-10H,3-7H2,1-2H3. The Hall–Kier alpha value is -0.530. The zero-order valence-electron chi connectivity index (χ0n) is 7.56. The normalized spacial score (nSPS) is 19.8. The Bertz CT molecular complexity index is 136. The molecule has 0 heterocycles. The molecule has 1 aliphatic carbocycles. The van der Waals surface area contributed by atoms with Gasteiger partial charge >= 0.3 is 0 Å². The van der Waals surface area contributed by atoms with Gasteiger partial charge in [-0.2, -0.15) is 0 Å². The van der Waals surface area contributed by atoms with Gasteiger partial charge < -0.3 is 4.90 Å². The van der Waals surface area contributed by atoms with Crippen LogP contribution in [0, 0.1) is 5.41 Å². The van der Waals surface area contributed by atoms with E-state index in [9.17, 15) is 0 Å². The van der Waals surface area contributed by atoms with E-state index >= 15 is 0 Å². The predicted molar refractivity (Wildman–Crippen MR) is 48.0 cm³/mol. The summed E-state index contributed by atoms with van der Waals surface area (Å²) in [6.45, 7) is 1.87. The highest BCUT2D eigenvalue weighted by Crippen LogP contribution is 2.21.